The highest BCUT2D eigenvalue weighted by Gasteiger charge is 2.09. The minimum Gasteiger partial charge on any atom is -0.467 e. The fourth-order valence-electron chi connectivity index (χ4n) is 1.40. The normalized spacial score (nSPS) is 10.9. The zero-order chi connectivity index (χ0) is 14.1. The number of likely N-dealkylation sites (N-methyl/N-ethyl adjacent to an activating group) is 1. The minimum absolute atomic E-state index is 0.387. The molecule has 6 nitrogen and oxygen atoms in total. The summed E-state index contributed by atoms with van der Waals surface area (Å²) in [7, 11) is 5.37. The van der Waals surface area contributed by atoms with Crippen LogP contribution in [0, 0.1) is 0 Å². The predicted octanol–water partition coefficient (Wildman–Crippen LogP) is 0.734. The van der Waals surface area contributed by atoms with Gasteiger partial charge in [0, 0.05) is 13.1 Å². The second-order valence-corrected chi connectivity index (χ2v) is 4.39. The largest absolute Gasteiger partial charge is 0.467 e. The molecule has 0 aliphatic heterocycles. The first-order valence-electron chi connectivity index (χ1n) is 6.22. The summed E-state index contributed by atoms with van der Waals surface area (Å²) in [5, 5.41) is 3.18. The topological polar surface area (TPSA) is 63.9 Å². The number of esters is 1. The van der Waals surface area contributed by atoms with Crippen molar-refractivity contribution in [3.05, 3.63) is 23.7 Å². The summed E-state index contributed by atoms with van der Waals surface area (Å²) in [5.41, 5.74) is 0.432. The third-order valence-corrected chi connectivity index (χ3v) is 2.48. The van der Waals surface area contributed by atoms with Crippen LogP contribution >= 0.6 is 0 Å². The molecule has 1 aromatic heterocycles. The molecule has 6 heteroatoms. The molecule has 1 heterocycles. The van der Waals surface area contributed by atoms with E-state index < -0.39 is 0 Å². The monoisotopic (exact) mass is 270 g/mol. The molecule has 0 aliphatic carbocycles. The Morgan fingerprint density at radius 1 is 1.42 bits per heavy atom. The highest BCUT2D eigenvalue weighted by molar-refractivity contribution is 5.88. The number of ether oxygens (including phenoxy) is 2. The summed E-state index contributed by atoms with van der Waals surface area (Å²) >= 11 is 0. The van der Waals surface area contributed by atoms with Gasteiger partial charge in [0.05, 0.1) is 32.4 Å². The van der Waals surface area contributed by atoms with Crippen LogP contribution in [0.1, 0.15) is 16.1 Å². The van der Waals surface area contributed by atoms with Gasteiger partial charge in [0.25, 0.3) is 0 Å². The quantitative estimate of drug-likeness (QED) is 0.527. The van der Waals surface area contributed by atoms with Crippen LogP contribution in [0.25, 0.3) is 0 Å². The third kappa shape index (κ3) is 6.37. The van der Waals surface area contributed by atoms with Crippen LogP contribution in [0.3, 0.4) is 0 Å². The first-order valence-corrected chi connectivity index (χ1v) is 6.22. The van der Waals surface area contributed by atoms with E-state index in [1.165, 1.54) is 13.4 Å². The molecule has 0 spiro atoms. The van der Waals surface area contributed by atoms with E-state index in [-0.39, 0.29) is 5.97 Å². The summed E-state index contributed by atoms with van der Waals surface area (Å²) < 4.78 is 15.3. The van der Waals surface area contributed by atoms with Gasteiger partial charge < -0.3 is 24.1 Å². The van der Waals surface area contributed by atoms with Gasteiger partial charge in [0.2, 0.25) is 0 Å². The van der Waals surface area contributed by atoms with Crippen molar-refractivity contribution in [2.24, 2.45) is 0 Å². The van der Waals surface area contributed by atoms with Crippen molar-refractivity contribution in [2.45, 2.75) is 6.54 Å². The van der Waals surface area contributed by atoms with E-state index in [4.69, 9.17) is 9.15 Å². The number of hydrogen-bond acceptors (Lipinski definition) is 6. The van der Waals surface area contributed by atoms with Crippen molar-refractivity contribution in [3.8, 4) is 0 Å². The first kappa shape index (κ1) is 15.7. The molecule has 0 atom stereocenters. The first-order chi connectivity index (χ1) is 9.13. The lowest BCUT2D eigenvalue weighted by molar-refractivity contribution is 0.0600. The third-order valence-electron chi connectivity index (χ3n) is 2.48. The summed E-state index contributed by atoms with van der Waals surface area (Å²) in [6.07, 6.45) is 1.40. The van der Waals surface area contributed by atoms with Crippen LogP contribution in [0.5, 0.6) is 0 Å². The molecule has 0 aliphatic rings. The summed E-state index contributed by atoms with van der Waals surface area (Å²) in [5.74, 6) is 0.315. The number of hydrogen-bond donors (Lipinski definition) is 1. The maximum atomic E-state index is 11.2. The second kappa shape index (κ2) is 8.68. The van der Waals surface area contributed by atoms with Gasteiger partial charge in [-0.15, -0.1) is 0 Å². The average Bonchev–Trinajstić information content (AvgIpc) is 2.85. The maximum Gasteiger partial charge on any atom is 0.341 e. The molecule has 1 N–H and O–H groups in total. The lowest BCUT2D eigenvalue weighted by Gasteiger charge is -2.09. The van der Waals surface area contributed by atoms with Gasteiger partial charge in [-0.1, -0.05) is 0 Å². The van der Waals surface area contributed by atoms with E-state index in [1.54, 1.807) is 6.07 Å². The van der Waals surface area contributed by atoms with Crippen LogP contribution in [0.4, 0.5) is 0 Å². The summed E-state index contributed by atoms with van der Waals surface area (Å²) in [4.78, 5) is 13.3. The van der Waals surface area contributed by atoms with E-state index in [1.807, 2.05) is 14.1 Å². The van der Waals surface area contributed by atoms with Crippen LogP contribution in [-0.2, 0) is 16.0 Å². The molecule has 0 fully saturated rings. The molecule has 0 saturated heterocycles. The number of carbonyl (C=O) groups excluding carboxylic acids is 1. The number of furan rings is 1. The molecular weight excluding hydrogens is 248 g/mol. The van der Waals surface area contributed by atoms with E-state index >= 15 is 0 Å². The van der Waals surface area contributed by atoms with Gasteiger partial charge in [0.15, 0.2) is 0 Å². The Morgan fingerprint density at radius 2 is 2.21 bits per heavy atom. The van der Waals surface area contributed by atoms with E-state index in [0.717, 1.165) is 19.7 Å². The zero-order valence-corrected chi connectivity index (χ0v) is 11.8. The number of rotatable bonds is 9. The molecule has 108 valence electrons. The van der Waals surface area contributed by atoms with Crippen LogP contribution in [0.15, 0.2) is 16.7 Å². The van der Waals surface area contributed by atoms with E-state index in [9.17, 15) is 4.79 Å². The van der Waals surface area contributed by atoms with Gasteiger partial charge in [-0.3, -0.25) is 0 Å². The smallest absolute Gasteiger partial charge is 0.341 e. The number of nitrogens with zero attached hydrogens (tertiary/aromatic N) is 1. The molecule has 0 radical (unpaired) electrons. The molecular formula is C13H22N2O4. The number of methoxy groups -OCH3 is 1. The lowest BCUT2D eigenvalue weighted by Crippen LogP contribution is -2.22. The molecule has 0 aromatic carbocycles. The van der Waals surface area contributed by atoms with Gasteiger partial charge in [-0.05, 0) is 20.2 Å². The Kier molecular flexibility index (Phi) is 7.17. The standard InChI is InChI=1S/C13H22N2O4/c1-15(2)5-7-18-6-4-14-9-12-8-11(10-19-12)13(16)17-3/h8,10,14H,4-7,9H2,1-3H3. The Balaban J connectivity index is 2.09. The predicted molar refractivity (Wildman–Crippen MR) is 71.1 cm³/mol. The number of nitrogens with one attached hydrogen (secondary N) is 1. The van der Waals surface area contributed by atoms with Crippen LogP contribution < -0.4 is 5.32 Å². The Hall–Kier alpha value is -1.37. The highest BCUT2D eigenvalue weighted by Crippen LogP contribution is 2.08. The average molecular weight is 270 g/mol. The molecule has 0 unspecified atom stereocenters. The SMILES string of the molecule is COC(=O)c1coc(CNCCOCCN(C)C)c1. The highest BCUT2D eigenvalue weighted by atomic mass is 16.5. The van der Waals surface area contributed by atoms with E-state index in [2.05, 4.69) is 15.0 Å². The summed E-state index contributed by atoms with van der Waals surface area (Å²) in [6.45, 7) is 3.59. The Bertz CT molecular complexity index is 376. The van der Waals surface area contributed by atoms with Crippen molar-refractivity contribution < 1.29 is 18.7 Å². The van der Waals surface area contributed by atoms with E-state index in [0.29, 0.717) is 24.5 Å². The van der Waals surface area contributed by atoms with Crippen molar-refractivity contribution >= 4 is 5.97 Å². The molecule has 0 amide bonds. The maximum absolute atomic E-state index is 11.2. The molecule has 0 bridgehead atoms. The van der Waals surface area contributed by atoms with Crippen LogP contribution in [-0.4, -0.2) is 58.4 Å². The van der Waals surface area contributed by atoms with Gasteiger partial charge >= 0.3 is 5.97 Å². The molecule has 19 heavy (non-hydrogen) atoms. The van der Waals surface area contributed by atoms with Crippen LogP contribution in [0.2, 0.25) is 0 Å². The fourth-order valence-corrected chi connectivity index (χ4v) is 1.40. The number of carbonyl (C=O) groups is 1. The molecule has 0 saturated carbocycles. The van der Waals surface area contributed by atoms with Crippen molar-refractivity contribution in [3.63, 3.8) is 0 Å². The Morgan fingerprint density at radius 3 is 2.89 bits per heavy atom. The van der Waals surface area contributed by atoms with Crippen molar-refractivity contribution in [1.29, 1.82) is 0 Å². The summed E-state index contributed by atoms with van der Waals surface area (Å²) in [6, 6.07) is 1.67. The van der Waals surface area contributed by atoms with Crippen molar-refractivity contribution in [2.75, 3.05) is 47.5 Å². The van der Waals surface area contributed by atoms with Gasteiger partial charge in [0.1, 0.15) is 12.0 Å². The molecule has 1 rings (SSSR count). The molecule has 1 aromatic rings. The van der Waals surface area contributed by atoms with Crippen molar-refractivity contribution in [1.82, 2.24) is 10.2 Å². The second-order valence-electron chi connectivity index (χ2n) is 4.39. The minimum atomic E-state index is -0.387. The zero-order valence-electron chi connectivity index (χ0n) is 11.8. The van der Waals surface area contributed by atoms with Gasteiger partial charge in [-0.2, -0.15) is 0 Å². The Labute approximate surface area is 113 Å². The lowest BCUT2D eigenvalue weighted by atomic mass is 10.3. The van der Waals surface area contributed by atoms with Gasteiger partial charge in [-0.25, -0.2) is 4.79 Å². The fraction of sp³-hybridized carbons (Fsp3) is 0.615.